The Labute approximate surface area is 165 Å². The minimum absolute atomic E-state index is 0.126. The molecule has 2 aromatic heterocycles. The van der Waals surface area contributed by atoms with Crippen molar-refractivity contribution >= 4 is 15.9 Å². The number of carbonyl (C=O) groups is 1. The molecular weight excluding hydrogens is 380 g/mol. The van der Waals surface area contributed by atoms with Crippen LogP contribution in [0.5, 0.6) is 0 Å². The lowest BCUT2D eigenvalue weighted by atomic mass is 9.98. The summed E-state index contributed by atoms with van der Waals surface area (Å²) >= 11 is 0. The average Bonchev–Trinajstić information content (AvgIpc) is 3.16. The van der Waals surface area contributed by atoms with Gasteiger partial charge in [-0.25, -0.2) is 8.42 Å². The smallest absolute Gasteiger partial charge is 0.246 e. The number of nitrogens with zero attached hydrogens (tertiary/aromatic N) is 5. The molecule has 154 valence electrons. The van der Waals surface area contributed by atoms with Crippen LogP contribution in [-0.2, 0) is 28.9 Å². The van der Waals surface area contributed by atoms with E-state index in [0.717, 1.165) is 11.3 Å². The zero-order valence-corrected chi connectivity index (χ0v) is 17.8. The summed E-state index contributed by atoms with van der Waals surface area (Å²) in [4.78, 5) is 13.0. The Morgan fingerprint density at radius 1 is 1.32 bits per heavy atom. The van der Waals surface area contributed by atoms with E-state index in [4.69, 9.17) is 0 Å². The van der Waals surface area contributed by atoms with Crippen molar-refractivity contribution < 1.29 is 13.2 Å². The normalized spacial score (nSPS) is 19.5. The average molecular weight is 409 g/mol. The molecule has 10 heteroatoms. The number of nitrogens with one attached hydrogen (secondary N) is 1. The quantitative estimate of drug-likeness (QED) is 0.797. The molecule has 28 heavy (non-hydrogen) atoms. The molecule has 0 aliphatic carbocycles. The molecule has 1 amide bonds. The first-order valence-electron chi connectivity index (χ1n) is 9.40. The van der Waals surface area contributed by atoms with E-state index in [1.807, 2.05) is 27.1 Å². The molecule has 0 saturated carbocycles. The summed E-state index contributed by atoms with van der Waals surface area (Å²) in [5.74, 6) is -0.501. The number of piperidine rings is 1. The summed E-state index contributed by atoms with van der Waals surface area (Å²) < 4.78 is 30.7. The Morgan fingerprint density at radius 2 is 2.04 bits per heavy atom. The summed E-state index contributed by atoms with van der Waals surface area (Å²) in [5, 5.41) is 11.4. The second-order valence-corrected chi connectivity index (χ2v) is 9.40. The molecule has 9 nitrogen and oxygen atoms in total. The van der Waals surface area contributed by atoms with Gasteiger partial charge >= 0.3 is 0 Å². The summed E-state index contributed by atoms with van der Waals surface area (Å²) in [5.41, 5.74) is 2.42. The number of rotatable bonds is 5. The molecule has 1 fully saturated rings. The molecule has 1 aliphatic heterocycles. The van der Waals surface area contributed by atoms with Crippen LogP contribution in [0.4, 0.5) is 0 Å². The van der Waals surface area contributed by atoms with Crippen molar-refractivity contribution in [3.63, 3.8) is 0 Å². The maximum absolute atomic E-state index is 13.0. The third kappa shape index (κ3) is 3.83. The molecule has 0 bridgehead atoms. The van der Waals surface area contributed by atoms with Crippen molar-refractivity contribution in [2.75, 3.05) is 13.1 Å². The molecule has 3 heterocycles. The van der Waals surface area contributed by atoms with E-state index in [1.165, 1.54) is 10.5 Å². The molecule has 0 radical (unpaired) electrons. The summed E-state index contributed by atoms with van der Waals surface area (Å²) in [6.45, 7) is 6.15. The van der Waals surface area contributed by atoms with Crippen LogP contribution in [0.3, 0.4) is 0 Å². The third-order valence-corrected chi connectivity index (χ3v) is 7.41. The van der Waals surface area contributed by atoms with Gasteiger partial charge in [0.2, 0.25) is 15.9 Å². The number of hydrogen-bond acceptors (Lipinski definition) is 5. The molecule has 1 aliphatic rings. The van der Waals surface area contributed by atoms with Crippen molar-refractivity contribution in [2.45, 2.75) is 44.6 Å². The van der Waals surface area contributed by atoms with Crippen LogP contribution in [-0.4, -0.2) is 51.3 Å². The van der Waals surface area contributed by atoms with E-state index in [2.05, 4.69) is 15.5 Å². The highest BCUT2D eigenvalue weighted by atomic mass is 32.2. The van der Waals surface area contributed by atoms with Crippen LogP contribution in [0.2, 0.25) is 0 Å². The molecule has 1 N–H and O–H groups in total. The fourth-order valence-electron chi connectivity index (χ4n) is 3.70. The Morgan fingerprint density at radius 3 is 2.61 bits per heavy atom. The van der Waals surface area contributed by atoms with Crippen LogP contribution in [0, 0.1) is 19.8 Å². The van der Waals surface area contributed by atoms with Gasteiger partial charge in [-0.1, -0.05) is 0 Å². The Balaban J connectivity index is 1.71. The molecule has 2 aromatic rings. The highest BCUT2D eigenvalue weighted by Gasteiger charge is 2.35. The molecule has 3 rings (SSSR count). The predicted molar refractivity (Wildman–Crippen MR) is 104 cm³/mol. The number of aromatic nitrogens is 4. The second kappa shape index (κ2) is 7.67. The van der Waals surface area contributed by atoms with Gasteiger partial charge in [-0.05, 0) is 33.6 Å². The lowest BCUT2D eigenvalue weighted by molar-refractivity contribution is -0.126. The minimum atomic E-state index is -3.67. The standard InChI is InChI=1S/C18H28N6O3S/c1-12(16-11-22(4)21-13(16)2)20-18(25)15-7-6-8-24(10-15)28(26,27)17-9-19-23(5)14(17)3/h9,11-12,15H,6-8,10H2,1-5H3,(H,20,25). The molecule has 1 saturated heterocycles. The number of hydrogen-bond donors (Lipinski definition) is 1. The SMILES string of the molecule is Cc1nn(C)cc1C(C)NC(=O)C1CCCN(S(=O)(=O)c2cnn(C)c2C)C1. The number of amides is 1. The molecule has 2 unspecified atom stereocenters. The van der Waals surface area contributed by atoms with Crippen molar-refractivity contribution in [1.82, 2.24) is 29.2 Å². The zero-order valence-electron chi connectivity index (χ0n) is 17.0. The topological polar surface area (TPSA) is 102 Å². The monoisotopic (exact) mass is 408 g/mol. The van der Waals surface area contributed by atoms with Gasteiger partial charge in [-0.3, -0.25) is 14.2 Å². The predicted octanol–water partition coefficient (Wildman–Crippen LogP) is 1.05. The van der Waals surface area contributed by atoms with Crippen molar-refractivity contribution in [1.29, 1.82) is 0 Å². The Bertz CT molecular complexity index is 978. The fourth-order valence-corrected chi connectivity index (χ4v) is 5.41. The Kier molecular flexibility index (Phi) is 5.62. The van der Waals surface area contributed by atoms with Gasteiger partial charge in [0.1, 0.15) is 4.90 Å². The van der Waals surface area contributed by atoms with Gasteiger partial charge in [0.15, 0.2) is 0 Å². The van der Waals surface area contributed by atoms with Gasteiger partial charge in [0, 0.05) is 38.9 Å². The van der Waals surface area contributed by atoms with Crippen LogP contribution < -0.4 is 5.32 Å². The first kappa shape index (κ1) is 20.5. The van der Waals surface area contributed by atoms with Gasteiger partial charge in [-0.2, -0.15) is 14.5 Å². The van der Waals surface area contributed by atoms with E-state index in [-0.39, 0.29) is 29.3 Å². The summed E-state index contributed by atoms with van der Waals surface area (Å²) in [6.07, 6.45) is 4.59. The van der Waals surface area contributed by atoms with E-state index in [9.17, 15) is 13.2 Å². The molecular formula is C18H28N6O3S. The number of aryl methyl sites for hydroxylation is 3. The van der Waals surface area contributed by atoms with Gasteiger partial charge in [-0.15, -0.1) is 0 Å². The zero-order chi connectivity index (χ0) is 20.6. The lowest BCUT2D eigenvalue weighted by Gasteiger charge is -2.31. The van der Waals surface area contributed by atoms with Gasteiger partial charge < -0.3 is 5.32 Å². The molecule has 0 aromatic carbocycles. The highest BCUT2D eigenvalue weighted by molar-refractivity contribution is 7.89. The maximum atomic E-state index is 13.0. The maximum Gasteiger partial charge on any atom is 0.246 e. The highest BCUT2D eigenvalue weighted by Crippen LogP contribution is 2.26. The van der Waals surface area contributed by atoms with Crippen LogP contribution >= 0.6 is 0 Å². The van der Waals surface area contributed by atoms with Crippen molar-refractivity contribution in [3.05, 3.63) is 29.3 Å². The first-order valence-corrected chi connectivity index (χ1v) is 10.8. The number of sulfonamides is 1. The van der Waals surface area contributed by atoms with Crippen LogP contribution in [0.15, 0.2) is 17.3 Å². The first-order chi connectivity index (χ1) is 13.1. The third-order valence-electron chi connectivity index (χ3n) is 5.44. The summed E-state index contributed by atoms with van der Waals surface area (Å²) in [6, 6.07) is -0.186. The minimum Gasteiger partial charge on any atom is -0.349 e. The van der Waals surface area contributed by atoms with E-state index >= 15 is 0 Å². The largest absolute Gasteiger partial charge is 0.349 e. The van der Waals surface area contributed by atoms with E-state index in [1.54, 1.807) is 23.3 Å². The Hall–Kier alpha value is -2.20. The van der Waals surface area contributed by atoms with Crippen molar-refractivity contribution in [2.24, 2.45) is 20.0 Å². The fraction of sp³-hybridized carbons (Fsp3) is 0.611. The second-order valence-electron chi connectivity index (χ2n) is 7.49. The molecule has 0 spiro atoms. The molecule has 2 atom stereocenters. The van der Waals surface area contributed by atoms with Gasteiger partial charge in [0.05, 0.1) is 29.5 Å². The lowest BCUT2D eigenvalue weighted by Crippen LogP contribution is -2.45. The van der Waals surface area contributed by atoms with Crippen molar-refractivity contribution in [3.8, 4) is 0 Å². The van der Waals surface area contributed by atoms with Crippen LogP contribution in [0.1, 0.15) is 42.8 Å². The number of carbonyl (C=O) groups excluding carboxylic acids is 1. The van der Waals surface area contributed by atoms with Gasteiger partial charge in [0.25, 0.3) is 0 Å². The van der Waals surface area contributed by atoms with Crippen LogP contribution in [0.25, 0.3) is 0 Å². The summed E-state index contributed by atoms with van der Waals surface area (Å²) in [7, 11) is -0.112. The van der Waals surface area contributed by atoms with E-state index < -0.39 is 10.0 Å². The van der Waals surface area contributed by atoms with E-state index in [0.29, 0.717) is 25.1 Å².